The molecule has 1 rings (SSSR count). The van der Waals surface area contributed by atoms with Gasteiger partial charge in [0.25, 0.3) is 0 Å². The number of unbranched alkanes of at least 4 members (excludes halogenated alkanes) is 1. The van der Waals surface area contributed by atoms with Gasteiger partial charge in [0.2, 0.25) is 15.9 Å². The van der Waals surface area contributed by atoms with E-state index in [1.165, 1.54) is 0 Å². The third kappa shape index (κ3) is 5.38. The minimum Gasteiger partial charge on any atom is -0.355 e. The highest BCUT2D eigenvalue weighted by atomic mass is 32.2. The molecule has 0 fully saturated rings. The van der Waals surface area contributed by atoms with Crippen molar-refractivity contribution in [1.29, 1.82) is 0 Å². The number of amides is 1. The predicted molar refractivity (Wildman–Crippen MR) is 86.0 cm³/mol. The maximum Gasteiger partial charge on any atom is 0.240 e. The van der Waals surface area contributed by atoms with E-state index in [1.807, 2.05) is 26.8 Å². The third-order valence-corrected chi connectivity index (χ3v) is 4.46. The minimum absolute atomic E-state index is 0.189. The molecule has 6 heteroatoms. The molecule has 0 spiro atoms. The van der Waals surface area contributed by atoms with Gasteiger partial charge in [-0.05, 0) is 43.5 Å². The molecule has 0 aromatic heterocycles. The van der Waals surface area contributed by atoms with Gasteiger partial charge < -0.3 is 5.32 Å². The van der Waals surface area contributed by atoms with E-state index >= 15 is 0 Å². The zero-order valence-electron chi connectivity index (χ0n) is 13.1. The molecule has 0 radical (unpaired) electrons. The lowest BCUT2D eigenvalue weighted by Gasteiger charge is -2.22. The first-order chi connectivity index (χ1) is 9.75. The quantitative estimate of drug-likeness (QED) is 0.783. The van der Waals surface area contributed by atoms with Crippen molar-refractivity contribution in [3.63, 3.8) is 0 Å². The number of carbonyl (C=O) groups is 1. The topological polar surface area (TPSA) is 66.5 Å². The number of benzene rings is 1. The summed E-state index contributed by atoms with van der Waals surface area (Å²) >= 11 is 0. The Morgan fingerprint density at radius 3 is 2.43 bits per heavy atom. The van der Waals surface area contributed by atoms with Crippen molar-refractivity contribution in [2.45, 2.75) is 33.6 Å². The van der Waals surface area contributed by atoms with E-state index in [-0.39, 0.29) is 12.5 Å². The van der Waals surface area contributed by atoms with Crippen LogP contribution in [-0.2, 0) is 14.8 Å². The number of anilines is 1. The summed E-state index contributed by atoms with van der Waals surface area (Å²) < 4.78 is 25.0. The fourth-order valence-electron chi connectivity index (χ4n) is 1.87. The molecule has 0 aliphatic carbocycles. The molecule has 0 aliphatic rings. The molecular formula is C15H24N2O3S. The van der Waals surface area contributed by atoms with E-state index in [2.05, 4.69) is 5.32 Å². The second-order valence-electron chi connectivity index (χ2n) is 5.24. The predicted octanol–water partition coefficient (Wildman–Crippen LogP) is 1.99. The Hall–Kier alpha value is -1.56. The van der Waals surface area contributed by atoms with E-state index in [0.29, 0.717) is 12.2 Å². The number of hydrogen-bond donors (Lipinski definition) is 1. The van der Waals surface area contributed by atoms with E-state index in [4.69, 9.17) is 0 Å². The number of hydrogen-bond acceptors (Lipinski definition) is 3. The number of rotatable bonds is 7. The van der Waals surface area contributed by atoms with Crippen molar-refractivity contribution in [2.24, 2.45) is 0 Å². The van der Waals surface area contributed by atoms with Gasteiger partial charge in [0, 0.05) is 6.54 Å². The van der Waals surface area contributed by atoms with E-state index < -0.39 is 10.0 Å². The second kappa shape index (κ2) is 7.45. The van der Waals surface area contributed by atoms with Crippen LogP contribution in [0.25, 0.3) is 0 Å². The summed E-state index contributed by atoms with van der Waals surface area (Å²) in [5.41, 5.74) is 2.60. The second-order valence-corrected chi connectivity index (χ2v) is 7.15. The summed E-state index contributed by atoms with van der Waals surface area (Å²) in [6.45, 7) is 6.29. The molecule has 0 atom stereocenters. The number of sulfonamides is 1. The molecular weight excluding hydrogens is 288 g/mol. The molecule has 0 saturated heterocycles. The first kappa shape index (κ1) is 17.5. The monoisotopic (exact) mass is 312 g/mol. The summed E-state index contributed by atoms with van der Waals surface area (Å²) in [4.78, 5) is 11.9. The van der Waals surface area contributed by atoms with Gasteiger partial charge in [-0.2, -0.15) is 0 Å². The molecule has 21 heavy (non-hydrogen) atoms. The lowest BCUT2D eigenvalue weighted by atomic mass is 10.1. The summed E-state index contributed by atoms with van der Waals surface area (Å²) in [6.07, 6.45) is 2.98. The molecule has 1 N–H and O–H groups in total. The molecule has 1 amide bonds. The van der Waals surface area contributed by atoms with Crippen LogP contribution in [0.2, 0.25) is 0 Å². The highest BCUT2D eigenvalue weighted by Gasteiger charge is 2.20. The maximum atomic E-state index is 11.9. The smallest absolute Gasteiger partial charge is 0.240 e. The normalized spacial score (nSPS) is 11.2. The third-order valence-electron chi connectivity index (χ3n) is 3.32. The highest BCUT2D eigenvalue weighted by molar-refractivity contribution is 7.92. The Kier molecular flexibility index (Phi) is 6.20. The lowest BCUT2D eigenvalue weighted by molar-refractivity contribution is -0.119. The van der Waals surface area contributed by atoms with Gasteiger partial charge in [0.1, 0.15) is 6.54 Å². The van der Waals surface area contributed by atoms with Crippen molar-refractivity contribution in [3.8, 4) is 0 Å². The molecule has 0 bridgehead atoms. The summed E-state index contributed by atoms with van der Waals surface area (Å²) in [5, 5.41) is 2.74. The standard InChI is InChI=1S/C15H24N2O3S/c1-5-6-9-16-15(18)11-17(21(4,19)20)14-8-7-12(2)13(3)10-14/h7-8,10H,5-6,9,11H2,1-4H3,(H,16,18). The largest absolute Gasteiger partial charge is 0.355 e. The SMILES string of the molecule is CCCCNC(=O)CN(c1ccc(C)c(C)c1)S(C)(=O)=O. The molecule has 118 valence electrons. The summed E-state index contributed by atoms with van der Waals surface area (Å²) in [5.74, 6) is -0.285. The average Bonchev–Trinajstić information content (AvgIpc) is 2.38. The van der Waals surface area contributed by atoms with E-state index in [9.17, 15) is 13.2 Å². The zero-order chi connectivity index (χ0) is 16.0. The van der Waals surface area contributed by atoms with Crippen LogP contribution in [0, 0.1) is 13.8 Å². The molecule has 1 aromatic carbocycles. The van der Waals surface area contributed by atoms with Gasteiger partial charge in [0.05, 0.1) is 11.9 Å². The molecule has 0 aliphatic heterocycles. The first-order valence-electron chi connectivity index (χ1n) is 7.07. The molecule has 0 heterocycles. The summed E-state index contributed by atoms with van der Waals surface area (Å²) in [6, 6.07) is 5.37. The number of nitrogens with one attached hydrogen (secondary N) is 1. The molecule has 0 saturated carbocycles. The Labute approximate surface area is 127 Å². The van der Waals surface area contributed by atoms with Crippen molar-refractivity contribution < 1.29 is 13.2 Å². The number of carbonyl (C=O) groups excluding carboxylic acids is 1. The van der Waals surface area contributed by atoms with E-state index in [1.54, 1.807) is 12.1 Å². The van der Waals surface area contributed by atoms with Gasteiger partial charge in [-0.3, -0.25) is 9.10 Å². The minimum atomic E-state index is -3.50. The van der Waals surface area contributed by atoms with Gasteiger partial charge in [-0.1, -0.05) is 19.4 Å². The average molecular weight is 312 g/mol. The van der Waals surface area contributed by atoms with Crippen LogP contribution >= 0.6 is 0 Å². The van der Waals surface area contributed by atoms with Crippen LogP contribution in [0.3, 0.4) is 0 Å². The zero-order valence-corrected chi connectivity index (χ0v) is 14.0. The van der Waals surface area contributed by atoms with Crippen LogP contribution in [0.5, 0.6) is 0 Å². The fourth-order valence-corrected chi connectivity index (χ4v) is 2.72. The summed E-state index contributed by atoms with van der Waals surface area (Å²) in [7, 11) is -3.50. The Balaban J connectivity index is 2.92. The van der Waals surface area contributed by atoms with Gasteiger partial charge in [0.15, 0.2) is 0 Å². The first-order valence-corrected chi connectivity index (χ1v) is 8.92. The van der Waals surface area contributed by atoms with Crippen LogP contribution in [0.15, 0.2) is 18.2 Å². The Bertz CT molecular complexity index is 597. The van der Waals surface area contributed by atoms with Crippen molar-refractivity contribution in [2.75, 3.05) is 23.7 Å². The highest BCUT2D eigenvalue weighted by Crippen LogP contribution is 2.20. The molecule has 5 nitrogen and oxygen atoms in total. The van der Waals surface area contributed by atoms with Crippen molar-refractivity contribution >= 4 is 21.6 Å². The number of nitrogens with zero attached hydrogens (tertiary/aromatic N) is 1. The van der Waals surface area contributed by atoms with Gasteiger partial charge in [-0.25, -0.2) is 8.42 Å². The van der Waals surface area contributed by atoms with Crippen LogP contribution in [0.4, 0.5) is 5.69 Å². The van der Waals surface area contributed by atoms with Gasteiger partial charge in [-0.15, -0.1) is 0 Å². The maximum absolute atomic E-state index is 11.9. The van der Waals surface area contributed by atoms with Crippen LogP contribution in [-0.4, -0.2) is 33.7 Å². The van der Waals surface area contributed by atoms with E-state index in [0.717, 1.165) is 34.5 Å². The van der Waals surface area contributed by atoms with Crippen molar-refractivity contribution in [3.05, 3.63) is 29.3 Å². The van der Waals surface area contributed by atoms with Crippen molar-refractivity contribution in [1.82, 2.24) is 5.32 Å². The Morgan fingerprint density at radius 2 is 1.90 bits per heavy atom. The molecule has 0 unspecified atom stereocenters. The van der Waals surface area contributed by atoms with Gasteiger partial charge >= 0.3 is 0 Å². The number of aryl methyl sites for hydroxylation is 2. The fraction of sp³-hybridized carbons (Fsp3) is 0.533. The van der Waals surface area contributed by atoms with Crippen LogP contribution in [0.1, 0.15) is 30.9 Å². The Morgan fingerprint density at radius 1 is 1.24 bits per heavy atom. The lowest BCUT2D eigenvalue weighted by Crippen LogP contribution is -2.40. The van der Waals surface area contributed by atoms with Crippen LogP contribution < -0.4 is 9.62 Å². The molecule has 1 aromatic rings.